The van der Waals surface area contributed by atoms with E-state index < -0.39 is 0 Å². The van der Waals surface area contributed by atoms with Gasteiger partial charge in [0.15, 0.2) is 0 Å². The highest BCUT2D eigenvalue weighted by atomic mass is 35.5. The maximum absolute atomic E-state index is 14.0. The summed E-state index contributed by atoms with van der Waals surface area (Å²) in [6, 6.07) is 11.7. The van der Waals surface area contributed by atoms with E-state index >= 15 is 0 Å². The molecule has 1 fully saturated rings. The largest absolute Gasteiger partial charge is 0.369 e. The number of carbonyl (C=O) groups is 1. The molecule has 2 heterocycles. The van der Waals surface area contributed by atoms with Gasteiger partial charge in [0, 0.05) is 53.4 Å². The average molecular weight is 415 g/mol. The Kier molecular flexibility index (Phi) is 5.48. The van der Waals surface area contributed by atoms with Gasteiger partial charge < -0.3 is 20.1 Å². The van der Waals surface area contributed by atoms with Gasteiger partial charge >= 0.3 is 0 Å². The minimum atomic E-state index is -0.345. The summed E-state index contributed by atoms with van der Waals surface area (Å²) in [6.45, 7) is 5.54. The molecular formula is C22H24ClFN4O. The van der Waals surface area contributed by atoms with Crippen LogP contribution in [0.2, 0.25) is 5.02 Å². The molecule has 2 N–H and O–H groups in total. The number of carbonyl (C=O) groups excluding carboxylic acids is 1. The van der Waals surface area contributed by atoms with Crippen LogP contribution in [0.4, 0.5) is 10.1 Å². The van der Waals surface area contributed by atoms with E-state index in [1.54, 1.807) is 18.2 Å². The van der Waals surface area contributed by atoms with Crippen LogP contribution in [0.25, 0.3) is 10.9 Å². The van der Waals surface area contributed by atoms with Gasteiger partial charge in [-0.25, -0.2) is 4.39 Å². The molecule has 1 unspecified atom stereocenters. The number of rotatable bonds is 4. The van der Waals surface area contributed by atoms with E-state index in [2.05, 4.69) is 27.1 Å². The van der Waals surface area contributed by atoms with Gasteiger partial charge in [-0.1, -0.05) is 17.7 Å². The number of nitrogens with zero attached hydrogens (tertiary/aromatic N) is 2. The Morgan fingerprint density at radius 3 is 2.66 bits per heavy atom. The first-order chi connectivity index (χ1) is 13.9. The smallest absolute Gasteiger partial charge is 0.268 e. The summed E-state index contributed by atoms with van der Waals surface area (Å²) in [5.74, 6) is -0.544. The Bertz CT molecular complexity index is 1040. The molecule has 0 saturated carbocycles. The third-order valence-corrected chi connectivity index (χ3v) is 5.71. The van der Waals surface area contributed by atoms with E-state index in [-0.39, 0.29) is 17.8 Å². The minimum absolute atomic E-state index is 0.238. The summed E-state index contributed by atoms with van der Waals surface area (Å²) >= 11 is 6.02. The van der Waals surface area contributed by atoms with Crippen molar-refractivity contribution in [3.8, 4) is 0 Å². The van der Waals surface area contributed by atoms with Crippen LogP contribution in [-0.4, -0.2) is 49.0 Å². The summed E-state index contributed by atoms with van der Waals surface area (Å²) < 4.78 is 14.0. The van der Waals surface area contributed by atoms with E-state index in [1.165, 1.54) is 12.1 Å². The van der Waals surface area contributed by atoms with Crippen LogP contribution in [-0.2, 0) is 0 Å². The van der Waals surface area contributed by atoms with E-state index in [9.17, 15) is 9.18 Å². The molecule has 7 heteroatoms. The first-order valence-corrected chi connectivity index (χ1v) is 10.1. The fourth-order valence-corrected chi connectivity index (χ4v) is 3.95. The van der Waals surface area contributed by atoms with Crippen molar-refractivity contribution in [1.82, 2.24) is 15.2 Å². The summed E-state index contributed by atoms with van der Waals surface area (Å²) in [4.78, 5) is 20.4. The van der Waals surface area contributed by atoms with Gasteiger partial charge in [-0.15, -0.1) is 0 Å². The molecule has 0 radical (unpaired) electrons. The van der Waals surface area contributed by atoms with Crippen LogP contribution >= 0.6 is 11.6 Å². The molecule has 1 aliphatic heterocycles. The predicted octanol–water partition coefficient (Wildman–Crippen LogP) is 4.20. The van der Waals surface area contributed by atoms with Crippen LogP contribution < -0.4 is 10.2 Å². The number of H-pyrrole nitrogens is 1. The maximum atomic E-state index is 14.0. The Hall–Kier alpha value is -2.57. The van der Waals surface area contributed by atoms with E-state index in [1.807, 2.05) is 19.1 Å². The Balaban J connectivity index is 1.56. The molecule has 152 valence electrons. The molecular weight excluding hydrogens is 391 g/mol. The lowest BCUT2D eigenvalue weighted by atomic mass is 10.0. The summed E-state index contributed by atoms with van der Waals surface area (Å²) in [5, 5.41) is 4.52. The number of nitrogens with one attached hydrogen (secondary N) is 2. The van der Waals surface area contributed by atoms with Crippen LogP contribution in [0.3, 0.4) is 0 Å². The average Bonchev–Trinajstić information content (AvgIpc) is 3.12. The van der Waals surface area contributed by atoms with Crippen molar-refractivity contribution in [1.29, 1.82) is 0 Å². The summed E-state index contributed by atoms with van der Waals surface area (Å²) in [6.07, 6.45) is 0. The van der Waals surface area contributed by atoms with Gasteiger partial charge in [0.1, 0.15) is 11.5 Å². The lowest BCUT2D eigenvalue weighted by Gasteiger charge is -2.36. The van der Waals surface area contributed by atoms with Crippen molar-refractivity contribution in [3.63, 3.8) is 0 Å². The number of piperazine rings is 1. The number of hydrogen-bond donors (Lipinski definition) is 2. The first kappa shape index (κ1) is 19.7. The van der Waals surface area contributed by atoms with Crippen LogP contribution in [0.15, 0.2) is 42.5 Å². The van der Waals surface area contributed by atoms with Crippen molar-refractivity contribution in [3.05, 3.63) is 64.6 Å². The lowest BCUT2D eigenvalue weighted by molar-refractivity contribution is 0.0935. The third kappa shape index (κ3) is 4.23. The standard InChI is InChI=1S/C22H24ClFN4O/c1-14(25-22(29)20-11-15-3-4-16(23)12-19(15)26-20)18-13-17(24)5-6-21(18)28-9-7-27(2)8-10-28/h3-6,11-14,26H,7-10H2,1-2H3,(H,25,29). The number of fused-ring (bicyclic) bond motifs is 1. The Morgan fingerprint density at radius 1 is 1.14 bits per heavy atom. The number of benzene rings is 2. The maximum Gasteiger partial charge on any atom is 0.268 e. The molecule has 1 aromatic heterocycles. The molecule has 29 heavy (non-hydrogen) atoms. The van der Waals surface area contributed by atoms with Crippen molar-refractivity contribution in [2.75, 3.05) is 38.1 Å². The SMILES string of the molecule is CC(NC(=O)c1cc2ccc(Cl)cc2[nH]1)c1cc(F)ccc1N1CCN(C)CC1. The third-order valence-electron chi connectivity index (χ3n) is 5.48. The van der Waals surface area contributed by atoms with Gasteiger partial charge in [-0.3, -0.25) is 4.79 Å². The molecule has 0 bridgehead atoms. The molecule has 0 spiro atoms. The van der Waals surface area contributed by atoms with E-state index in [4.69, 9.17) is 11.6 Å². The van der Waals surface area contributed by atoms with Crippen LogP contribution in [0, 0.1) is 5.82 Å². The normalized spacial score (nSPS) is 16.2. The fourth-order valence-electron chi connectivity index (χ4n) is 3.78. The highest BCUT2D eigenvalue weighted by Crippen LogP contribution is 2.29. The zero-order valence-electron chi connectivity index (χ0n) is 16.5. The molecule has 1 atom stereocenters. The number of aromatic nitrogens is 1. The number of likely N-dealkylation sites (N-methyl/N-ethyl adjacent to an activating group) is 1. The Labute approximate surface area is 174 Å². The summed E-state index contributed by atoms with van der Waals surface area (Å²) in [5.41, 5.74) is 3.00. The highest BCUT2D eigenvalue weighted by Gasteiger charge is 2.22. The monoisotopic (exact) mass is 414 g/mol. The van der Waals surface area contributed by atoms with Crippen molar-refractivity contribution in [2.24, 2.45) is 0 Å². The fraction of sp³-hybridized carbons (Fsp3) is 0.318. The second-order valence-corrected chi connectivity index (χ2v) is 8.04. The molecule has 1 aliphatic rings. The molecule has 2 aromatic carbocycles. The van der Waals surface area contributed by atoms with Crippen molar-refractivity contribution < 1.29 is 9.18 Å². The van der Waals surface area contributed by atoms with Gasteiger partial charge in [-0.2, -0.15) is 0 Å². The predicted molar refractivity (Wildman–Crippen MR) is 115 cm³/mol. The molecule has 3 aromatic rings. The molecule has 1 amide bonds. The van der Waals surface area contributed by atoms with Gasteiger partial charge in [-0.05, 0) is 50.4 Å². The van der Waals surface area contributed by atoms with Gasteiger partial charge in [0.25, 0.3) is 5.91 Å². The number of halogens is 2. The molecule has 0 aliphatic carbocycles. The highest BCUT2D eigenvalue weighted by molar-refractivity contribution is 6.31. The minimum Gasteiger partial charge on any atom is -0.369 e. The second-order valence-electron chi connectivity index (χ2n) is 7.60. The number of hydrogen-bond acceptors (Lipinski definition) is 3. The van der Waals surface area contributed by atoms with Crippen molar-refractivity contribution >= 4 is 34.1 Å². The summed E-state index contributed by atoms with van der Waals surface area (Å²) in [7, 11) is 2.10. The number of aromatic amines is 1. The van der Waals surface area contributed by atoms with Gasteiger partial charge in [0.05, 0.1) is 6.04 Å². The first-order valence-electron chi connectivity index (χ1n) is 9.73. The van der Waals surface area contributed by atoms with E-state index in [0.717, 1.165) is 48.3 Å². The molecule has 4 rings (SSSR count). The van der Waals surface area contributed by atoms with Crippen LogP contribution in [0.1, 0.15) is 29.0 Å². The lowest BCUT2D eigenvalue weighted by Crippen LogP contribution is -2.45. The van der Waals surface area contributed by atoms with Crippen molar-refractivity contribution in [2.45, 2.75) is 13.0 Å². The van der Waals surface area contributed by atoms with Gasteiger partial charge in [0.2, 0.25) is 0 Å². The zero-order chi connectivity index (χ0) is 20.5. The molecule has 1 saturated heterocycles. The topological polar surface area (TPSA) is 51.4 Å². The van der Waals surface area contributed by atoms with E-state index in [0.29, 0.717) is 10.7 Å². The zero-order valence-corrected chi connectivity index (χ0v) is 17.3. The number of anilines is 1. The second kappa shape index (κ2) is 8.05. The Morgan fingerprint density at radius 2 is 1.90 bits per heavy atom. The van der Waals surface area contributed by atoms with Crippen LogP contribution in [0.5, 0.6) is 0 Å². The number of amides is 1. The molecule has 5 nitrogen and oxygen atoms in total. The quantitative estimate of drug-likeness (QED) is 0.672.